The number of aromatic nitrogens is 2. The molecule has 16 heavy (non-hydrogen) atoms. The number of rotatable bonds is 5. The van der Waals surface area contributed by atoms with Crippen molar-refractivity contribution in [2.45, 2.75) is 11.4 Å². The number of benzene rings is 1. The van der Waals surface area contributed by atoms with E-state index in [1.807, 2.05) is 16.9 Å². The van der Waals surface area contributed by atoms with E-state index in [-0.39, 0.29) is 0 Å². The van der Waals surface area contributed by atoms with Crippen LogP contribution >= 0.6 is 11.8 Å². The fourth-order valence-electron chi connectivity index (χ4n) is 1.48. The summed E-state index contributed by atoms with van der Waals surface area (Å²) in [6, 6.07) is 10.4. The first-order valence-corrected chi connectivity index (χ1v) is 6.46. The first kappa shape index (κ1) is 11.1. The van der Waals surface area contributed by atoms with Crippen LogP contribution in [0.15, 0.2) is 47.6 Å². The maximum absolute atomic E-state index is 4.15. The van der Waals surface area contributed by atoms with E-state index in [9.17, 15) is 0 Å². The SMILES string of the molecule is CSc1cccc(NCCn2cccn2)c1. The maximum Gasteiger partial charge on any atom is 0.0582 e. The minimum absolute atomic E-state index is 0.885. The summed E-state index contributed by atoms with van der Waals surface area (Å²) in [7, 11) is 0. The molecule has 84 valence electrons. The molecule has 1 heterocycles. The molecule has 0 bridgehead atoms. The van der Waals surface area contributed by atoms with Gasteiger partial charge in [-0.2, -0.15) is 5.10 Å². The number of nitrogens with zero attached hydrogens (tertiary/aromatic N) is 2. The van der Waals surface area contributed by atoms with Crippen LogP contribution in [0, 0.1) is 0 Å². The van der Waals surface area contributed by atoms with E-state index in [1.54, 1.807) is 18.0 Å². The first-order valence-electron chi connectivity index (χ1n) is 5.24. The van der Waals surface area contributed by atoms with Gasteiger partial charge >= 0.3 is 0 Å². The summed E-state index contributed by atoms with van der Waals surface area (Å²) in [5.74, 6) is 0. The van der Waals surface area contributed by atoms with Gasteiger partial charge in [-0.15, -0.1) is 11.8 Å². The fraction of sp³-hybridized carbons (Fsp3) is 0.250. The maximum atomic E-state index is 4.15. The van der Waals surface area contributed by atoms with Crippen LogP contribution in [0.1, 0.15) is 0 Å². The van der Waals surface area contributed by atoms with E-state index < -0.39 is 0 Å². The van der Waals surface area contributed by atoms with Gasteiger partial charge in [0.05, 0.1) is 6.54 Å². The molecule has 2 aromatic rings. The van der Waals surface area contributed by atoms with Crippen LogP contribution in [0.4, 0.5) is 5.69 Å². The van der Waals surface area contributed by atoms with Crippen molar-refractivity contribution in [3.8, 4) is 0 Å². The van der Waals surface area contributed by atoms with Gasteiger partial charge in [0.25, 0.3) is 0 Å². The van der Waals surface area contributed by atoms with Crippen molar-refractivity contribution in [1.82, 2.24) is 9.78 Å². The summed E-state index contributed by atoms with van der Waals surface area (Å²) in [5, 5.41) is 7.54. The summed E-state index contributed by atoms with van der Waals surface area (Å²) in [6.45, 7) is 1.77. The Balaban J connectivity index is 1.85. The second-order valence-electron chi connectivity index (χ2n) is 3.43. The zero-order valence-corrected chi connectivity index (χ0v) is 10.1. The van der Waals surface area contributed by atoms with Crippen molar-refractivity contribution in [3.63, 3.8) is 0 Å². The summed E-state index contributed by atoms with van der Waals surface area (Å²) in [4.78, 5) is 1.28. The second-order valence-corrected chi connectivity index (χ2v) is 4.31. The topological polar surface area (TPSA) is 29.9 Å². The molecule has 4 heteroatoms. The molecule has 0 saturated carbocycles. The van der Waals surface area contributed by atoms with Gasteiger partial charge in [0.2, 0.25) is 0 Å². The number of thioether (sulfide) groups is 1. The molecular weight excluding hydrogens is 218 g/mol. The van der Waals surface area contributed by atoms with Crippen LogP contribution in [0.2, 0.25) is 0 Å². The van der Waals surface area contributed by atoms with Gasteiger partial charge in [-0.1, -0.05) is 6.07 Å². The predicted molar refractivity (Wildman–Crippen MR) is 68.9 cm³/mol. The van der Waals surface area contributed by atoms with Crippen molar-refractivity contribution in [2.24, 2.45) is 0 Å². The Morgan fingerprint density at radius 1 is 1.38 bits per heavy atom. The number of hydrogen-bond donors (Lipinski definition) is 1. The lowest BCUT2D eigenvalue weighted by atomic mass is 10.3. The Labute approximate surface area is 99.9 Å². The van der Waals surface area contributed by atoms with Crippen molar-refractivity contribution in [2.75, 3.05) is 18.1 Å². The summed E-state index contributed by atoms with van der Waals surface area (Å²) in [6.07, 6.45) is 5.86. The summed E-state index contributed by atoms with van der Waals surface area (Å²) < 4.78 is 1.92. The van der Waals surface area contributed by atoms with Gasteiger partial charge in [-0.05, 0) is 30.5 Å². The lowest BCUT2D eigenvalue weighted by molar-refractivity contribution is 0.638. The largest absolute Gasteiger partial charge is 0.383 e. The molecule has 2 rings (SSSR count). The molecular formula is C12H15N3S. The van der Waals surface area contributed by atoms with E-state index in [0.29, 0.717) is 0 Å². The van der Waals surface area contributed by atoms with Crippen LogP contribution < -0.4 is 5.32 Å². The number of hydrogen-bond acceptors (Lipinski definition) is 3. The summed E-state index contributed by atoms with van der Waals surface area (Å²) >= 11 is 1.76. The smallest absolute Gasteiger partial charge is 0.0582 e. The van der Waals surface area contributed by atoms with Gasteiger partial charge in [0, 0.05) is 29.5 Å². The molecule has 0 aliphatic heterocycles. The lowest BCUT2D eigenvalue weighted by Gasteiger charge is -2.07. The average Bonchev–Trinajstić information content (AvgIpc) is 2.82. The number of nitrogens with one attached hydrogen (secondary N) is 1. The Morgan fingerprint density at radius 2 is 2.31 bits per heavy atom. The molecule has 1 aromatic heterocycles. The van der Waals surface area contributed by atoms with Crippen LogP contribution in [0.5, 0.6) is 0 Å². The molecule has 0 aliphatic carbocycles. The van der Waals surface area contributed by atoms with E-state index in [0.717, 1.165) is 13.1 Å². The zero-order chi connectivity index (χ0) is 11.2. The van der Waals surface area contributed by atoms with Crippen molar-refractivity contribution >= 4 is 17.4 Å². The van der Waals surface area contributed by atoms with Gasteiger partial charge in [-0.25, -0.2) is 0 Å². The highest BCUT2D eigenvalue weighted by molar-refractivity contribution is 7.98. The van der Waals surface area contributed by atoms with E-state index in [2.05, 4.69) is 40.9 Å². The van der Waals surface area contributed by atoms with Crippen LogP contribution in [0.3, 0.4) is 0 Å². The molecule has 0 radical (unpaired) electrons. The van der Waals surface area contributed by atoms with E-state index >= 15 is 0 Å². The Morgan fingerprint density at radius 3 is 3.06 bits per heavy atom. The lowest BCUT2D eigenvalue weighted by Crippen LogP contribution is -2.10. The zero-order valence-electron chi connectivity index (χ0n) is 9.26. The van der Waals surface area contributed by atoms with Crippen LogP contribution in [-0.2, 0) is 6.54 Å². The first-order chi connectivity index (χ1) is 7.88. The molecule has 0 amide bonds. The average molecular weight is 233 g/mol. The molecule has 0 fully saturated rings. The number of anilines is 1. The minimum Gasteiger partial charge on any atom is -0.383 e. The van der Waals surface area contributed by atoms with Gasteiger partial charge in [0.15, 0.2) is 0 Å². The van der Waals surface area contributed by atoms with Crippen molar-refractivity contribution in [3.05, 3.63) is 42.7 Å². The highest BCUT2D eigenvalue weighted by atomic mass is 32.2. The third-order valence-electron chi connectivity index (χ3n) is 2.30. The van der Waals surface area contributed by atoms with Crippen LogP contribution in [-0.4, -0.2) is 22.6 Å². The quantitative estimate of drug-likeness (QED) is 0.805. The summed E-state index contributed by atoms with van der Waals surface area (Å²) in [5.41, 5.74) is 1.17. The van der Waals surface area contributed by atoms with Gasteiger partial charge < -0.3 is 5.32 Å². The second kappa shape index (κ2) is 5.61. The fourth-order valence-corrected chi connectivity index (χ4v) is 1.94. The van der Waals surface area contributed by atoms with Crippen LogP contribution in [0.25, 0.3) is 0 Å². The molecule has 1 aromatic carbocycles. The van der Waals surface area contributed by atoms with Crippen molar-refractivity contribution < 1.29 is 0 Å². The van der Waals surface area contributed by atoms with Gasteiger partial charge in [-0.3, -0.25) is 4.68 Å². The van der Waals surface area contributed by atoms with Gasteiger partial charge in [0.1, 0.15) is 0 Å². The third-order valence-corrected chi connectivity index (χ3v) is 3.02. The Hall–Kier alpha value is -1.42. The standard InChI is InChI=1S/C12H15N3S/c1-16-12-5-2-4-11(10-12)13-7-9-15-8-3-6-14-15/h2-6,8,10,13H,7,9H2,1H3. The van der Waals surface area contributed by atoms with E-state index in [4.69, 9.17) is 0 Å². The highest BCUT2D eigenvalue weighted by Crippen LogP contribution is 2.18. The normalized spacial score (nSPS) is 10.3. The van der Waals surface area contributed by atoms with E-state index in [1.165, 1.54) is 10.6 Å². The molecule has 0 saturated heterocycles. The van der Waals surface area contributed by atoms with Crippen molar-refractivity contribution in [1.29, 1.82) is 0 Å². The Kier molecular flexibility index (Phi) is 3.88. The minimum atomic E-state index is 0.885. The molecule has 3 nitrogen and oxygen atoms in total. The molecule has 0 atom stereocenters. The molecule has 1 N–H and O–H groups in total. The molecule has 0 spiro atoms. The third kappa shape index (κ3) is 3.03. The molecule has 0 aliphatic rings. The molecule has 0 unspecified atom stereocenters. The highest BCUT2D eigenvalue weighted by Gasteiger charge is 1.94. The monoisotopic (exact) mass is 233 g/mol. The Bertz CT molecular complexity index is 426. The predicted octanol–water partition coefficient (Wildman–Crippen LogP) is 2.72.